The Labute approximate surface area is 115 Å². The van der Waals surface area contributed by atoms with Crippen molar-refractivity contribution in [3.8, 4) is 0 Å². The minimum absolute atomic E-state index is 0.107. The zero-order valence-electron chi connectivity index (χ0n) is 11.1. The molecule has 1 fully saturated rings. The first kappa shape index (κ1) is 13.9. The molecule has 0 spiro atoms. The number of nitrogens with zero attached hydrogens (tertiary/aromatic N) is 1. The Balaban J connectivity index is 1.95. The van der Waals surface area contributed by atoms with Crippen molar-refractivity contribution in [3.63, 3.8) is 0 Å². The van der Waals surface area contributed by atoms with Crippen LogP contribution in [-0.4, -0.2) is 29.7 Å². The third-order valence-corrected chi connectivity index (χ3v) is 4.41. The van der Waals surface area contributed by atoms with E-state index in [2.05, 4.69) is 31.0 Å². The van der Waals surface area contributed by atoms with Gasteiger partial charge in [-0.1, -0.05) is 30.2 Å². The number of benzene rings is 1. The van der Waals surface area contributed by atoms with Gasteiger partial charge in [-0.15, -0.1) is 0 Å². The molecule has 0 radical (unpaired) electrons. The lowest BCUT2D eigenvalue weighted by Gasteiger charge is -2.29. The molecule has 0 saturated heterocycles. The highest BCUT2D eigenvalue weighted by Crippen LogP contribution is 2.29. The summed E-state index contributed by atoms with van der Waals surface area (Å²) in [6.45, 7) is 3.16. The molecule has 1 saturated carbocycles. The Morgan fingerprint density at radius 2 is 2.00 bits per heavy atom. The van der Waals surface area contributed by atoms with E-state index in [-0.39, 0.29) is 6.10 Å². The van der Waals surface area contributed by atoms with Crippen molar-refractivity contribution < 1.29 is 5.11 Å². The number of halogens is 1. The Morgan fingerprint density at radius 3 is 2.56 bits per heavy atom. The van der Waals surface area contributed by atoms with Gasteiger partial charge in [-0.25, -0.2) is 0 Å². The summed E-state index contributed by atoms with van der Waals surface area (Å²) in [4.78, 5) is 2.32. The van der Waals surface area contributed by atoms with Gasteiger partial charge in [0.1, 0.15) is 0 Å². The normalized spacial score (nSPS) is 25.6. The quantitative estimate of drug-likeness (QED) is 0.903. The first-order valence-electron chi connectivity index (χ1n) is 6.71. The van der Waals surface area contributed by atoms with Crippen molar-refractivity contribution in [1.29, 1.82) is 0 Å². The molecule has 0 amide bonds. The fourth-order valence-corrected chi connectivity index (χ4v) is 2.88. The average Bonchev–Trinajstić information content (AvgIpc) is 2.75. The van der Waals surface area contributed by atoms with Crippen LogP contribution in [0.4, 0.5) is 0 Å². The van der Waals surface area contributed by atoms with E-state index in [0.717, 1.165) is 30.8 Å². The Morgan fingerprint density at radius 1 is 1.33 bits per heavy atom. The Hall–Kier alpha value is -0.570. The summed E-state index contributed by atoms with van der Waals surface area (Å²) in [6, 6.07) is 8.38. The topological polar surface area (TPSA) is 23.5 Å². The van der Waals surface area contributed by atoms with Crippen LogP contribution in [0.15, 0.2) is 24.3 Å². The van der Waals surface area contributed by atoms with Crippen molar-refractivity contribution in [1.82, 2.24) is 4.90 Å². The summed E-state index contributed by atoms with van der Waals surface area (Å²) >= 11 is 5.91. The molecule has 0 aliphatic heterocycles. The average molecular weight is 268 g/mol. The smallest absolute Gasteiger partial charge is 0.0580 e. The summed E-state index contributed by atoms with van der Waals surface area (Å²) in [5.74, 6) is 0.435. The van der Waals surface area contributed by atoms with E-state index >= 15 is 0 Å². The van der Waals surface area contributed by atoms with E-state index in [1.807, 2.05) is 12.1 Å². The molecule has 1 aromatic carbocycles. The van der Waals surface area contributed by atoms with Gasteiger partial charge in [-0.05, 0) is 50.4 Å². The molecule has 1 aliphatic rings. The van der Waals surface area contributed by atoms with Crippen molar-refractivity contribution in [2.24, 2.45) is 5.92 Å². The molecule has 1 N–H and O–H groups in total. The van der Waals surface area contributed by atoms with Crippen LogP contribution in [-0.2, 0) is 0 Å². The van der Waals surface area contributed by atoms with Crippen LogP contribution >= 0.6 is 11.6 Å². The van der Waals surface area contributed by atoms with Gasteiger partial charge in [0.25, 0.3) is 0 Å². The predicted molar refractivity (Wildman–Crippen MR) is 75.8 cm³/mol. The van der Waals surface area contributed by atoms with Crippen molar-refractivity contribution in [2.45, 2.75) is 38.3 Å². The molecular formula is C15H22ClNO. The summed E-state index contributed by atoms with van der Waals surface area (Å²) in [5, 5.41) is 10.7. The summed E-state index contributed by atoms with van der Waals surface area (Å²) in [5.41, 5.74) is 1.27. The van der Waals surface area contributed by atoms with Crippen molar-refractivity contribution in [2.75, 3.05) is 13.6 Å². The number of hydrogen-bond donors (Lipinski definition) is 1. The zero-order valence-corrected chi connectivity index (χ0v) is 11.9. The second-order valence-corrected chi connectivity index (χ2v) is 5.86. The van der Waals surface area contributed by atoms with E-state index in [4.69, 9.17) is 11.6 Å². The first-order valence-corrected chi connectivity index (χ1v) is 7.09. The van der Waals surface area contributed by atoms with Crippen LogP contribution in [0.5, 0.6) is 0 Å². The van der Waals surface area contributed by atoms with Gasteiger partial charge in [0.15, 0.2) is 0 Å². The number of rotatable bonds is 4. The summed E-state index contributed by atoms with van der Waals surface area (Å²) in [7, 11) is 2.13. The first-order chi connectivity index (χ1) is 8.58. The zero-order chi connectivity index (χ0) is 13.1. The van der Waals surface area contributed by atoms with Gasteiger partial charge >= 0.3 is 0 Å². The standard InChI is InChI=1S/C15H22ClNO/c1-11(12-6-8-14(16)9-7-12)17(2)10-13-4-3-5-15(13)18/h6-9,11,13,15,18H,3-5,10H2,1-2H3. The number of hydrogen-bond acceptors (Lipinski definition) is 2. The molecule has 1 aliphatic carbocycles. The van der Waals surface area contributed by atoms with Gasteiger partial charge in [0, 0.05) is 17.6 Å². The van der Waals surface area contributed by atoms with Gasteiger partial charge in [0.05, 0.1) is 6.10 Å². The lowest BCUT2D eigenvalue weighted by molar-refractivity contribution is 0.0991. The minimum atomic E-state index is -0.107. The maximum Gasteiger partial charge on any atom is 0.0580 e. The lowest BCUT2D eigenvalue weighted by Crippen LogP contribution is -2.31. The SMILES string of the molecule is CC(c1ccc(Cl)cc1)N(C)CC1CCCC1O. The van der Waals surface area contributed by atoms with E-state index in [1.165, 1.54) is 5.56 Å². The molecule has 3 unspecified atom stereocenters. The van der Waals surface area contributed by atoms with Crippen LogP contribution in [0.3, 0.4) is 0 Å². The number of aliphatic hydroxyl groups excluding tert-OH is 1. The van der Waals surface area contributed by atoms with Crippen LogP contribution < -0.4 is 0 Å². The van der Waals surface area contributed by atoms with Crippen molar-refractivity contribution >= 4 is 11.6 Å². The molecule has 0 bridgehead atoms. The van der Waals surface area contributed by atoms with Crippen LogP contribution in [0, 0.1) is 5.92 Å². The van der Waals surface area contributed by atoms with Crippen LogP contribution in [0.1, 0.15) is 37.8 Å². The highest BCUT2D eigenvalue weighted by Gasteiger charge is 2.27. The Kier molecular flexibility index (Phi) is 4.66. The van der Waals surface area contributed by atoms with E-state index in [9.17, 15) is 5.11 Å². The summed E-state index contributed by atoms with van der Waals surface area (Å²) in [6.07, 6.45) is 3.17. The molecule has 3 atom stereocenters. The minimum Gasteiger partial charge on any atom is -0.393 e. The molecule has 0 aromatic heterocycles. The summed E-state index contributed by atoms with van der Waals surface area (Å²) < 4.78 is 0. The molecule has 2 nitrogen and oxygen atoms in total. The molecule has 100 valence electrons. The monoisotopic (exact) mass is 267 g/mol. The molecule has 1 aromatic rings. The fraction of sp³-hybridized carbons (Fsp3) is 0.600. The molecular weight excluding hydrogens is 246 g/mol. The predicted octanol–water partition coefficient (Wildman–Crippen LogP) is 3.49. The van der Waals surface area contributed by atoms with Gasteiger partial charge in [-0.2, -0.15) is 0 Å². The maximum atomic E-state index is 9.88. The third kappa shape index (κ3) is 3.25. The van der Waals surface area contributed by atoms with Gasteiger partial charge < -0.3 is 5.11 Å². The van der Waals surface area contributed by atoms with E-state index < -0.39 is 0 Å². The molecule has 2 rings (SSSR count). The fourth-order valence-electron chi connectivity index (χ4n) is 2.75. The lowest BCUT2D eigenvalue weighted by atomic mass is 10.0. The Bertz CT molecular complexity index is 379. The van der Waals surface area contributed by atoms with Gasteiger partial charge in [-0.3, -0.25) is 4.90 Å². The largest absolute Gasteiger partial charge is 0.393 e. The number of aliphatic hydroxyl groups is 1. The van der Waals surface area contributed by atoms with E-state index in [0.29, 0.717) is 12.0 Å². The molecule has 0 heterocycles. The van der Waals surface area contributed by atoms with Crippen LogP contribution in [0.25, 0.3) is 0 Å². The maximum absolute atomic E-state index is 9.88. The van der Waals surface area contributed by atoms with Crippen LogP contribution in [0.2, 0.25) is 5.02 Å². The van der Waals surface area contributed by atoms with Gasteiger partial charge in [0.2, 0.25) is 0 Å². The highest BCUT2D eigenvalue weighted by molar-refractivity contribution is 6.30. The molecule has 3 heteroatoms. The van der Waals surface area contributed by atoms with Crippen molar-refractivity contribution in [3.05, 3.63) is 34.9 Å². The highest BCUT2D eigenvalue weighted by atomic mass is 35.5. The molecule has 18 heavy (non-hydrogen) atoms. The second kappa shape index (κ2) is 6.05. The third-order valence-electron chi connectivity index (χ3n) is 4.16. The second-order valence-electron chi connectivity index (χ2n) is 5.43. The van der Waals surface area contributed by atoms with E-state index in [1.54, 1.807) is 0 Å².